The molecule has 1 atom stereocenters. The topological polar surface area (TPSA) is 99.9 Å². The molecule has 1 N–H and O–H groups in total. The quantitative estimate of drug-likeness (QED) is 0.500. The van der Waals surface area contributed by atoms with Gasteiger partial charge < -0.3 is 19.5 Å². The summed E-state index contributed by atoms with van der Waals surface area (Å²) in [5, 5.41) is 14.7. The number of ether oxygens (including phenoxy) is 3. The van der Waals surface area contributed by atoms with Gasteiger partial charge in [-0.2, -0.15) is 0 Å². The number of allylic oxidation sites excluding steroid dienone is 3. The molecule has 0 fully saturated rings. The fourth-order valence-corrected chi connectivity index (χ4v) is 3.33. The van der Waals surface area contributed by atoms with Gasteiger partial charge in [-0.05, 0) is 26.8 Å². The lowest BCUT2D eigenvalue weighted by molar-refractivity contribution is -0.431. The first-order valence-corrected chi connectivity index (χ1v) is 8.34. The monoisotopic (exact) mass is 360 g/mol. The predicted octanol–water partition coefficient (Wildman–Crippen LogP) is 2.49. The summed E-state index contributed by atoms with van der Waals surface area (Å²) in [7, 11) is 0. The fraction of sp³-hybridized carbons (Fsp3) is 0.389. The first-order valence-electron chi connectivity index (χ1n) is 8.34. The van der Waals surface area contributed by atoms with Gasteiger partial charge in [0.25, 0.3) is 5.70 Å². The number of nitrogens with zero attached hydrogens (tertiary/aromatic N) is 1. The second-order valence-corrected chi connectivity index (χ2v) is 5.96. The van der Waals surface area contributed by atoms with Gasteiger partial charge in [0.05, 0.1) is 22.8 Å². The molecule has 0 spiro atoms. The number of dihydropyridines is 1. The third-order valence-corrected chi connectivity index (χ3v) is 4.33. The first kappa shape index (κ1) is 17.8. The average molecular weight is 360 g/mol. The maximum atomic E-state index is 12.6. The van der Waals surface area contributed by atoms with Crippen LogP contribution in [0.4, 0.5) is 0 Å². The summed E-state index contributed by atoms with van der Waals surface area (Å²) in [4.78, 5) is 23.9. The highest BCUT2D eigenvalue weighted by Gasteiger charge is 2.43. The molecule has 8 heteroatoms. The summed E-state index contributed by atoms with van der Waals surface area (Å²) in [6.07, 6.45) is 0. The van der Waals surface area contributed by atoms with Crippen LogP contribution >= 0.6 is 0 Å². The van der Waals surface area contributed by atoms with Crippen molar-refractivity contribution in [2.75, 3.05) is 19.8 Å². The van der Waals surface area contributed by atoms with E-state index in [1.807, 2.05) is 0 Å². The van der Waals surface area contributed by atoms with Gasteiger partial charge in [-0.3, -0.25) is 10.1 Å². The first-order chi connectivity index (χ1) is 12.5. The van der Waals surface area contributed by atoms with Crippen LogP contribution in [-0.4, -0.2) is 30.7 Å². The van der Waals surface area contributed by atoms with Crippen molar-refractivity contribution >= 4 is 5.97 Å². The molecule has 3 rings (SSSR count). The third kappa shape index (κ3) is 2.98. The molecule has 138 valence electrons. The molecule has 26 heavy (non-hydrogen) atoms. The largest absolute Gasteiger partial charge is 0.486 e. The molecule has 0 saturated carbocycles. The minimum Gasteiger partial charge on any atom is -0.486 e. The second kappa shape index (κ2) is 7.07. The number of rotatable bonds is 4. The van der Waals surface area contributed by atoms with Crippen LogP contribution in [0, 0.1) is 10.1 Å². The Kier molecular flexibility index (Phi) is 4.83. The van der Waals surface area contributed by atoms with Crippen molar-refractivity contribution in [3.05, 3.63) is 56.5 Å². The van der Waals surface area contributed by atoms with E-state index in [1.165, 1.54) is 0 Å². The zero-order valence-corrected chi connectivity index (χ0v) is 14.8. The Hall–Kier alpha value is -3.03. The van der Waals surface area contributed by atoms with Gasteiger partial charge in [0.2, 0.25) is 0 Å². The third-order valence-electron chi connectivity index (χ3n) is 4.33. The zero-order valence-electron chi connectivity index (χ0n) is 14.8. The van der Waals surface area contributed by atoms with Gasteiger partial charge in [0, 0.05) is 11.3 Å². The van der Waals surface area contributed by atoms with Gasteiger partial charge >= 0.3 is 5.97 Å². The van der Waals surface area contributed by atoms with Crippen LogP contribution in [0.15, 0.2) is 40.9 Å². The summed E-state index contributed by atoms with van der Waals surface area (Å²) < 4.78 is 16.5. The van der Waals surface area contributed by atoms with Crippen LogP contribution in [-0.2, 0) is 9.53 Å². The van der Waals surface area contributed by atoms with Crippen molar-refractivity contribution in [3.8, 4) is 11.5 Å². The standard InChI is InChI=1S/C18H20N2O6/c1-4-24-18(21)14-10(2)19-11(3)16(20(22)23)15(14)12-6-5-7-13-17(12)26-9-8-25-13/h5-7,15,19H,4,8-9H2,1-3H3. The Balaban J connectivity index is 2.22. The number of hydrogen-bond donors (Lipinski definition) is 1. The van der Waals surface area contributed by atoms with E-state index >= 15 is 0 Å². The molecule has 1 aromatic carbocycles. The van der Waals surface area contributed by atoms with Crippen LogP contribution in [0.2, 0.25) is 0 Å². The lowest BCUT2D eigenvalue weighted by Gasteiger charge is -2.29. The van der Waals surface area contributed by atoms with E-state index < -0.39 is 16.8 Å². The molecular formula is C18H20N2O6. The smallest absolute Gasteiger partial charge is 0.336 e. The Morgan fingerprint density at radius 1 is 1.31 bits per heavy atom. The Labute approximate surface area is 150 Å². The molecule has 0 bridgehead atoms. The van der Waals surface area contributed by atoms with Crippen LogP contribution in [0.5, 0.6) is 11.5 Å². The molecule has 0 aliphatic carbocycles. The van der Waals surface area contributed by atoms with Gasteiger partial charge in [-0.15, -0.1) is 0 Å². The highest BCUT2D eigenvalue weighted by Crippen LogP contribution is 2.46. The Bertz CT molecular complexity index is 827. The second-order valence-electron chi connectivity index (χ2n) is 5.96. The molecule has 0 radical (unpaired) electrons. The van der Waals surface area contributed by atoms with E-state index in [4.69, 9.17) is 14.2 Å². The molecule has 2 aliphatic rings. The summed E-state index contributed by atoms with van der Waals surface area (Å²) in [6.45, 7) is 5.92. The van der Waals surface area contributed by atoms with Crippen molar-refractivity contribution in [3.63, 3.8) is 0 Å². The molecule has 2 aliphatic heterocycles. The minimum atomic E-state index is -0.915. The van der Waals surface area contributed by atoms with Gasteiger partial charge in [-0.1, -0.05) is 12.1 Å². The van der Waals surface area contributed by atoms with Crippen LogP contribution < -0.4 is 14.8 Å². The van der Waals surface area contributed by atoms with Crippen molar-refractivity contribution in [1.29, 1.82) is 0 Å². The number of nitrogens with one attached hydrogen (secondary N) is 1. The highest BCUT2D eigenvalue weighted by atomic mass is 16.6. The van der Waals surface area contributed by atoms with Crippen molar-refractivity contribution in [1.82, 2.24) is 5.32 Å². The average Bonchev–Trinajstić information content (AvgIpc) is 2.60. The Morgan fingerprint density at radius 3 is 2.73 bits per heavy atom. The lowest BCUT2D eigenvalue weighted by atomic mass is 9.83. The van der Waals surface area contributed by atoms with Crippen molar-refractivity contribution in [2.24, 2.45) is 0 Å². The van der Waals surface area contributed by atoms with Crippen LogP contribution in [0.25, 0.3) is 0 Å². The zero-order chi connectivity index (χ0) is 18.8. The molecular weight excluding hydrogens is 340 g/mol. The van der Waals surface area contributed by atoms with Gasteiger partial charge in [-0.25, -0.2) is 4.79 Å². The summed E-state index contributed by atoms with van der Waals surface area (Å²) in [5.41, 5.74) is 1.50. The fourth-order valence-electron chi connectivity index (χ4n) is 3.33. The maximum Gasteiger partial charge on any atom is 0.336 e. The molecule has 1 aromatic rings. The number of para-hydroxylation sites is 1. The number of nitro groups is 1. The SMILES string of the molecule is CCOC(=O)C1=C(C)NC(C)=C([N+](=O)[O-])C1c1cccc2c1OCCO2. The van der Waals surface area contributed by atoms with E-state index in [1.54, 1.807) is 39.0 Å². The minimum absolute atomic E-state index is 0.110. The highest BCUT2D eigenvalue weighted by molar-refractivity contribution is 5.92. The summed E-state index contributed by atoms with van der Waals surface area (Å²) >= 11 is 0. The maximum absolute atomic E-state index is 12.6. The van der Waals surface area contributed by atoms with Crippen LogP contribution in [0.3, 0.4) is 0 Å². The van der Waals surface area contributed by atoms with Crippen molar-refractivity contribution in [2.45, 2.75) is 26.7 Å². The summed E-state index contributed by atoms with van der Waals surface area (Å²) in [5.74, 6) is -0.577. The van der Waals surface area contributed by atoms with E-state index in [9.17, 15) is 14.9 Å². The molecule has 1 unspecified atom stereocenters. The van der Waals surface area contributed by atoms with Crippen molar-refractivity contribution < 1.29 is 23.9 Å². The number of esters is 1. The number of carbonyl (C=O) groups is 1. The lowest BCUT2D eigenvalue weighted by Crippen LogP contribution is -2.32. The molecule has 0 aromatic heterocycles. The Morgan fingerprint density at radius 2 is 2.04 bits per heavy atom. The predicted molar refractivity (Wildman–Crippen MR) is 92.3 cm³/mol. The van der Waals surface area contributed by atoms with Gasteiger partial charge in [0.1, 0.15) is 19.1 Å². The van der Waals surface area contributed by atoms with E-state index in [0.29, 0.717) is 41.7 Å². The van der Waals surface area contributed by atoms with Crippen LogP contribution in [0.1, 0.15) is 32.3 Å². The number of fused-ring (bicyclic) bond motifs is 1. The van der Waals surface area contributed by atoms with E-state index in [-0.39, 0.29) is 17.9 Å². The summed E-state index contributed by atoms with van der Waals surface area (Å²) in [6, 6.07) is 5.19. The molecule has 2 heterocycles. The number of benzene rings is 1. The normalized spacial score (nSPS) is 19.1. The molecule has 0 amide bonds. The van der Waals surface area contributed by atoms with E-state index in [0.717, 1.165) is 0 Å². The molecule has 8 nitrogen and oxygen atoms in total. The van der Waals surface area contributed by atoms with E-state index in [2.05, 4.69) is 5.32 Å². The molecule has 0 saturated heterocycles. The number of hydrogen-bond acceptors (Lipinski definition) is 7. The number of carbonyl (C=O) groups excluding carboxylic acids is 1. The van der Waals surface area contributed by atoms with Gasteiger partial charge in [0.15, 0.2) is 11.5 Å².